The first-order valence-corrected chi connectivity index (χ1v) is 6.48. The van der Waals surface area contributed by atoms with Gasteiger partial charge in [-0.3, -0.25) is 0 Å². The van der Waals surface area contributed by atoms with Gasteiger partial charge in [-0.25, -0.2) is 0 Å². The fourth-order valence-electron chi connectivity index (χ4n) is 1.50. The molecule has 0 saturated carbocycles. The predicted octanol–water partition coefficient (Wildman–Crippen LogP) is 4.70. The monoisotopic (exact) mass is 354 g/mol. The van der Waals surface area contributed by atoms with Crippen molar-refractivity contribution in [1.82, 2.24) is 0 Å². The third kappa shape index (κ3) is 2.80. The van der Waals surface area contributed by atoms with Crippen LogP contribution >= 0.6 is 45.8 Å². The quantitative estimate of drug-likeness (QED) is 0.552. The third-order valence-corrected chi connectivity index (χ3v) is 3.50. The molecule has 0 radical (unpaired) electrons. The first kappa shape index (κ1) is 11.6. The van der Waals surface area contributed by atoms with Crippen LogP contribution in [0.5, 0.6) is 5.75 Å². The van der Waals surface area contributed by atoms with Crippen molar-refractivity contribution < 1.29 is 4.74 Å². The smallest absolute Gasteiger partial charge is 0.152 e. The van der Waals surface area contributed by atoms with Crippen molar-refractivity contribution in [3.8, 4) is 5.75 Å². The standard InChI is InChI=1S/C11H9Cl2IO/c12-7-5-9(13)11(10(14)6-7)15-8-3-1-2-4-8/h1,3,5-6,8H,2,4H2. The van der Waals surface area contributed by atoms with E-state index in [1.54, 1.807) is 6.07 Å². The Morgan fingerprint density at radius 2 is 2.13 bits per heavy atom. The Kier molecular flexibility index (Phi) is 3.80. The summed E-state index contributed by atoms with van der Waals surface area (Å²) in [6.07, 6.45) is 6.45. The van der Waals surface area contributed by atoms with Crippen molar-refractivity contribution in [2.75, 3.05) is 0 Å². The molecule has 0 fully saturated rings. The first-order valence-electron chi connectivity index (χ1n) is 4.64. The zero-order valence-electron chi connectivity index (χ0n) is 7.84. The fourth-order valence-corrected chi connectivity index (χ4v) is 3.13. The Morgan fingerprint density at radius 1 is 1.33 bits per heavy atom. The van der Waals surface area contributed by atoms with Gasteiger partial charge in [0.05, 0.1) is 8.59 Å². The summed E-state index contributed by atoms with van der Waals surface area (Å²) in [5.41, 5.74) is 0. The highest BCUT2D eigenvalue weighted by Crippen LogP contribution is 2.35. The van der Waals surface area contributed by atoms with Crippen molar-refractivity contribution in [2.45, 2.75) is 18.9 Å². The maximum atomic E-state index is 6.07. The number of allylic oxidation sites excluding steroid dienone is 1. The van der Waals surface area contributed by atoms with Gasteiger partial charge in [0.25, 0.3) is 0 Å². The molecule has 1 aromatic rings. The average molecular weight is 355 g/mol. The normalized spacial score (nSPS) is 19.5. The van der Waals surface area contributed by atoms with E-state index < -0.39 is 0 Å². The van der Waals surface area contributed by atoms with Crippen LogP contribution in [-0.2, 0) is 0 Å². The van der Waals surface area contributed by atoms with Crippen LogP contribution in [0.2, 0.25) is 10.0 Å². The van der Waals surface area contributed by atoms with Crippen molar-refractivity contribution in [2.24, 2.45) is 0 Å². The molecule has 1 atom stereocenters. The highest BCUT2D eigenvalue weighted by Gasteiger charge is 2.15. The van der Waals surface area contributed by atoms with Gasteiger partial charge in [0.1, 0.15) is 6.10 Å². The number of ether oxygens (including phenoxy) is 1. The molecule has 0 amide bonds. The molecule has 0 heterocycles. The fraction of sp³-hybridized carbons (Fsp3) is 0.273. The van der Waals surface area contributed by atoms with E-state index >= 15 is 0 Å². The van der Waals surface area contributed by atoms with Crippen LogP contribution < -0.4 is 4.74 Å². The number of hydrogen-bond donors (Lipinski definition) is 0. The van der Waals surface area contributed by atoms with Crippen LogP contribution in [0, 0.1) is 3.57 Å². The molecule has 0 bridgehead atoms. The van der Waals surface area contributed by atoms with Gasteiger partial charge < -0.3 is 4.74 Å². The van der Waals surface area contributed by atoms with Crippen LogP contribution in [0.1, 0.15) is 12.8 Å². The molecule has 1 aromatic carbocycles. The minimum absolute atomic E-state index is 0.150. The highest BCUT2D eigenvalue weighted by molar-refractivity contribution is 14.1. The van der Waals surface area contributed by atoms with Gasteiger partial charge in [-0.2, -0.15) is 0 Å². The van der Waals surface area contributed by atoms with E-state index in [-0.39, 0.29) is 6.10 Å². The number of halogens is 3. The molecule has 1 nitrogen and oxygen atoms in total. The van der Waals surface area contributed by atoms with E-state index in [0.29, 0.717) is 10.0 Å². The molecule has 0 N–H and O–H groups in total. The topological polar surface area (TPSA) is 9.23 Å². The highest BCUT2D eigenvalue weighted by atomic mass is 127. The third-order valence-electron chi connectivity index (χ3n) is 2.20. The lowest BCUT2D eigenvalue weighted by Gasteiger charge is -2.14. The van der Waals surface area contributed by atoms with Gasteiger partial charge in [-0.05, 0) is 53.6 Å². The van der Waals surface area contributed by atoms with Crippen molar-refractivity contribution in [1.29, 1.82) is 0 Å². The molecule has 1 aliphatic carbocycles. The SMILES string of the molecule is Clc1cc(Cl)c(OC2C=CCC2)c(I)c1. The van der Waals surface area contributed by atoms with Crippen molar-refractivity contribution >= 4 is 45.8 Å². The summed E-state index contributed by atoms with van der Waals surface area (Å²) in [4.78, 5) is 0. The van der Waals surface area contributed by atoms with Crippen LogP contribution in [0.15, 0.2) is 24.3 Å². The van der Waals surface area contributed by atoms with E-state index in [9.17, 15) is 0 Å². The summed E-state index contributed by atoms with van der Waals surface area (Å²) in [6.45, 7) is 0. The van der Waals surface area contributed by atoms with Crippen molar-refractivity contribution in [3.05, 3.63) is 37.9 Å². The van der Waals surface area contributed by atoms with Gasteiger partial charge in [0.2, 0.25) is 0 Å². The summed E-state index contributed by atoms with van der Waals surface area (Å²) >= 11 is 14.1. The largest absolute Gasteiger partial charge is 0.484 e. The van der Waals surface area contributed by atoms with E-state index in [4.69, 9.17) is 27.9 Å². The molecule has 15 heavy (non-hydrogen) atoms. The van der Waals surface area contributed by atoms with Gasteiger partial charge >= 0.3 is 0 Å². The second-order valence-corrected chi connectivity index (χ2v) is 5.37. The van der Waals surface area contributed by atoms with Crippen LogP contribution in [0.3, 0.4) is 0 Å². The second kappa shape index (κ2) is 4.93. The van der Waals surface area contributed by atoms with Gasteiger partial charge in [-0.1, -0.05) is 29.3 Å². The lowest BCUT2D eigenvalue weighted by molar-refractivity contribution is 0.247. The minimum atomic E-state index is 0.150. The second-order valence-electron chi connectivity index (χ2n) is 3.36. The number of hydrogen-bond acceptors (Lipinski definition) is 1. The van der Waals surface area contributed by atoms with Crippen LogP contribution in [-0.4, -0.2) is 6.10 Å². The first-order chi connectivity index (χ1) is 7.16. The Balaban J connectivity index is 2.23. The Morgan fingerprint density at radius 3 is 2.73 bits per heavy atom. The zero-order chi connectivity index (χ0) is 10.8. The minimum Gasteiger partial charge on any atom is -0.484 e. The molecule has 1 unspecified atom stereocenters. The van der Waals surface area contributed by atoms with E-state index in [2.05, 4.69) is 34.7 Å². The van der Waals surface area contributed by atoms with E-state index in [1.165, 1.54) is 0 Å². The van der Waals surface area contributed by atoms with Crippen molar-refractivity contribution in [3.63, 3.8) is 0 Å². The summed E-state index contributed by atoms with van der Waals surface area (Å²) in [5.74, 6) is 0.734. The number of benzene rings is 1. The van der Waals surface area contributed by atoms with E-state index in [1.807, 2.05) is 6.07 Å². The molecule has 1 aliphatic rings. The Hall–Kier alpha value is 0.0700. The average Bonchev–Trinajstić information content (AvgIpc) is 2.63. The lowest BCUT2D eigenvalue weighted by atomic mass is 10.3. The van der Waals surface area contributed by atoms with Crippen LogP contribution in [0.25, 0.3) is 0 Å². The van der Waals surface area contributed by atoms with Gasteiger partial charge in [-0.15, -0.1) is 0 Å². The number of rotatable bonds is 2. The molecule has 4 heteroatoms. The van der Waals surface area contributed by atoms with Crippen LogP contribution in [0.4, 0.5) is 0 Å². The molecule has 0 aliphatic heterocycles. The lowest BCUT2D eigenvalue weighted by Crippen LogP contribution is -2.10. The maximum absolute atomic E-state index is 6.07. The maximum Gasteiger partial charge on any atom is 0.152 e. The molecular formula is C11H9Cl2IO. The summed E-state index contributed by atoms with van der Waals surface area (Å²) in [5, 5.41) is 1.21. The Bertz CT molecular complexity index is 381. The molecular weight excluding hydrogens is 346 g/mol. The van der Waals surface area contributed by atoms with E-state index in [0.717, 1.165) is 22.2 Å². The summed E-state index contributed by atoms with van der Waals surface area (Å²) in [6, 6.07) is 3.56. The molecule has 0 spiro atoms. The van der Waals surface area contributed by atoms with Gasteiger partial charge in [0, 0.05) is 5.02 Å². The molecule has 80 valence electrons. The Labute approximate surface area is 113 Å². The predicted molar refractivity (Wildman–Crippen MR) is 72.0 cm³/mol. The molecule has 0 saturated heterocycles. The summed E-state index contributed by atoms with van der Waals surface area (Å²) in [7, 11) is 0. The molecule has 0 aromatic heterocycles. The van der Waals surface area contributed by atoms with Gasteiger partial charge in [0.15, 0.2) is 5.75 Å². The zero-order valence-corrected chi connectivity index (χ0v) is 11.5. The molecule has 2 rings (SSSR count). The summed E-state index contributed by atoms with van der Waals surface area (Å²) < 4.78 is 6.76.